The van der Waals surface area contributed by atoms with Crippen LogP contribution in [0.15, 0.2) is 28.0 Å². The molecule has 2 aromatic heterocycles. The zero-order valence-electron chi connectivity index (χ0n) is 13.7. The molecule has 9 nitrogen and oxygen atoms in total. The van der Waals surface area contributed by atoms with Gasteiger partial charge in [-0.3, -0.25) is 5.32 Å². The topological polar surface area (TPSA) is 111 Å². The Balaban J connectivity index is 1.68. The Labute approximate surface area is 147 Å². The highest BCUT2D eigenvalue weighted by molar-refractivity contribution is 7.09. The van der Waals surface area contributed by atoms with E-state index in [1.165, 1.54) is 18.4 Å². The molecule has 25 heavy (non-hydrogen) atoms. The second-order valence-electron chi connectivity index (χ2n) is 4.81. The third-order valence-corrected chi connectivity index (χ3v) is 3.91. The third-order valence-electron chi connectivity index (χ3n) is 3.14. The summed E-state index contributed by atoms with van der Waals surface area (Å²) in [5.74, 6) is 1.31. The van der Waals surface area contributed by atoms with Crippen LogP contribution < -0.4 is 20.1 Å². The SMILES string of the molecule is COc1ccc(NC(=O)Nc2nnc(-c3csc(C)n3)o2)c(OC)c1. The van der Waals surface area contributed by atoms with E-state index in [1.54, 1.807) is 30.7 Å². The van der Waals surface area contributed by atoms with E-state index < -0.39 is 6.03 Å². The van der Waals surface area contributed by atoms with Crippen molar-refractivity contribution in [3.63, 3.8) is 0 Å². The number of hydrogen-bond acceptors (Lipinski definition) is 8. The maximum Gasteiger partial charge on any atom is 0.327 e. The summed E-state index contributed by atoms with van der Waals surface area (Å²) >= 11 is 1.47. The smallest absolute Gasteiger partial charge is 0.327 e. The van der Waals surface area contributed by atoms with Gasteiger partial charge in [-0.15, -0.1) is 16.4 Å². The van der Waals surface area contributed by atoms with Gasteiger partial charge in [-0.2, -0.15) is 0 Å². The largest absolute Gasteiger partial charge is 0.497 e. The van der Waals surface area contributed by atoms with Crippen LogP contribution in [-0.2, 0) is 0 Å². The van der Waals surface area contributed by atoms with E-state index in [9.17, 15) is 4.79 Å². The predicted octanol–water partition coefficient (Wildman–Crippen LogP) is 3.16. The molecule has 2 N–H and O–H groups in total. The fourth-order valence-corrected chi connectivity index (χ4v) is 2.58. The summed E-state index contributed by atoms with van der Waals surface area (Å²) < 4.78 is 15.7. The highest BCUT2D eigenvalue weighted by atomic mass is 32.1. The number of aromatic nitrogens is 3. The Morgan fingerprint density at radius 3 is 2.72 bits per heavy atom. The molecule has 10 heteroatoms. The number of nitrogens with zero attached hydrogens (tertiary/aromatic N) is 3. The molecule has 0 saturated carbocycles. The fraction of sp³-hybridized carbons (Fsp3) is 0.200. The zero-order chi connectivity index (χ0) is 17.8. The van der Waals surface area contributed by atoms with Crippen molar-refractivity contribution < 1.29 is 18.7 Å². The van der Waals surface area contributed by atoms with Crippen LogP contribution in [0.2, 0.25) is 0 Å². The van der Waals surface area contributed by atoms with E-state index >= 15 is 0 Å². The molecule has 0 aliphatic rings. The van der Waals surface area contributed by atoms with Crippen LogP contribution in [0.25, 0.3) is 11.6 Å². The summed E-state index contributed by atoms with van der Waals surface area (Å²) in [5.41, 5.74) is 1.04. The van der Waals surface area contributed by atoms with Crippen molar-refractivity contribution in [2.24, 2.45) is 0 Å². The Hall–Kier alpha value is -3.14. The van der Waals surface area contributed by atoms with Gasteiger partial charge in [0.25, 0.3) is 5.89 Å². The Kier molecular flexibility index (Phi) is 4.80. The van der Waals surface area contributed by atoms with Gasteiger partial charge in [0.05, 0.1) is 24.9 Å². The van der Waals surface area contributed by atoms with Crippen molar-refractivity contribution in [1.29, 1.82) is 0 Å². The molecule has 0 radical (unpaired) electrons. The van der Waals surface area contributed by atoms with Gasteiger partial charge in [-0.1, -0.05) is 5.10 Å². The first-order valence-electron chi connectivity index (χ1n) is 7.15. The molecule has 0 aliphatic carbocycles. The quantitative estimate of drug-likeness (QED) is 0.718. The van der Waals surface area contributed by atoms with Gasteiger partial charge in [-0.05, 0) is 19.1 Å². The van der Waals surface area contributed by atoms with Gasteiger partial charge < -0.3 is 19.2 Å². The highest BCUT2D eigenvalue weighted by Crippen LogP contribution is 2.29. The van der Waals surface area contributed by atoms with Gasteiger partial charge in [-0.25, -0.2) is 9.78 Å². The number of rotatable bonds is 5. The summed E-state index contributed by atoms with van der Waals surface area (Å²) in [6, 6.07) is 4.44. The van der Waals surface area contributed by atoms with Crippen molar-refractivity contribution in [3.8, 4) is 23.1 Å². The van der Waals surface area contributed by atoms with Crippen LogP contribution in [0.1, 0.15) is 5.01 Å². The van der Waals surface area contributed by atoms with Crippen LogP contribution in [0.4, 0.5) is 16.5 Å². The molecule has 0 aliphatic heterocycles. The Bertz CT molecular complexity index is 892. The normalized spacial score (nSPS) is 10.4. The first-order valence-corrected chi connectivity index (χ1v) is 8.03. The lowest BCUT2D eigenvalue weighted by Gasteiger charge is -2.11. The predicted molar refractivity (Wildman–Crippen MR) is 92.3 cm³/mol. The number of nitrogens with one attached hydrogen (secondary N) is 2. The monoisotopic (exact) mass is 361 g/mol. The average Bonchev–Trinajstić information content (AvgIpc) is 3.24. The summed E-state index contributed by atoms with van der Waals surface area (Å²) in [5, 5.41) is 15.4. The molecule has 0 atom stereocenters. The molecule has 0 saturated heterocycles. The number of anilines is 2. The second kappa shape index (κ2) is 7.18. The molecule has 0 spiro atoms. The number of ether oxygens (including phenoxy) is 2. The summed E-state index contributed by atoms with van der Waals surface area (Å²) in [4.78, 5) is 16.3. The number of hydrogen-bond donors (Lipinski definition) is 2. The van der Waals surface area contributed by atoms with Gasteiger partial charge >= 0.3 is 12.0 Å². The molecule has 0 fully saturated rings. The molecule has 1 aromatic carbocycles. The fourth-order valence-electron chi connectivity index (χ4n) is 1.99. The van der Waals surface area contributed by atoms with Crippen molar-refractivity contribution >= 4 is 29.1 Å². The van der Waals surface area contributed by atoms with Crippen molar-refractivity contribution in [3.05, 3.63) is 28.6 Å². The summed E-state index contributed by atoms with van der Waals surface area (Å²) in [7, 11) is 3.05. The van der Waals surface area contributed by atoms with Gasteiger partial charge in [0.1, 0.15) is 17.2 Å². The van der Waals surface area contributed by atoms with E-state index in [4.69, 9.17) is 13.9 Å². The number of carbonyl (C=O) groups excluding carboxylic acids is 1. The minimum Gasteiger partial charge on any atom is -0.497 e. The molecular weight excluding hydrogens is 346 g/mol. The molecule has 2 amide bonds. The molecular formula is C15H15N5O4S. The number of aryl methyl sites for hydroxylation is 1. The Morgan fingerprint density at radius 2 is 2.04 bits per heavy atom. The van der Waals surface area contributed by atoms with Crippen LogP contribution in [0.3, 0.4) is 0 Å². The number of amides is 2. The first kappa shape index (κ1) is 16.7. The van der Waals surface area contributed by atoms with E-state index in [-0.39, 0.29) is 11.9 Å². The lowest BCUT2D eigenvalue weighted by Crippen LogP contribution is -2.20. The number of thiazole rings is 1. The number of carbonyl (C=O) groups is 1. The highest BCUT2D eigenvalue weighted by Gasteiger charge is 2.14. The van der Waals surface area contributed by atoms with E-state index in [2.05, 4.69) is 25.8 Å². The van der Waals surface area contributed by atoms with Crippen LogP contribution in [0.5, 0.6) is 11.5 Å². The van der Waals surface area contributed by atoms with E-state index in [1.807, 2.05) is 6.92 Å². The van der Waals surface area contributed by atoms with E-state index in [0.717, 1.165) is 5.01 Å². The summed E-state index contributed by atoms with van der Waals surface area (Å²) in [6.45, 7) is 1.87. The first-order chi connectivity index (χ1) is 12.1. The molecule has 2 heterocycles. The molecule has 3 aromatic rings. The average molecular weight is 361 g/mol. The standard InChI is InChI=1S/C15H15N5O4S/c1-8-16-11(7-25-8)13-19-20-15(24-13)18-14(21)17-10-5-4-9(22-2)6-12(10)23-3/h4-7H,1-3H3,(H2,17,18,20,21). The number of urea groups is 1. The van der Waals surface area contributed by atoms with Crippen molar-refractivity contribution in [1.82, 2.24) is 15.2 Å². The lowest BCUT2D eigenvalue weighted by molar-refractivity contribution is 0.261. The molecule has 130 valence electrons. The zero-order valence-corrected chi connectivity index (χ0v) is 14.5. The van der Waals surface area contributed by atoms with Crippen LogP contribution in [-0.4, -0.2) is 35.4 Å². The second-order valence-corrected chi connectivity index (χ2v) is 5.87. The molecule has 0 unspecified atom stereocenters. The number of methoxy groups -OCH3 is 2. The van der Waals surface area contributed by atoms with Gasteiger partial charge in [0.2, 0.25) is 0 Å². The van der Waals surface area contributed by atoms with Crippen molar-refractivity contribution in [2.75, 3.05) is 24.9 Å². The number of benzene rings is 1. The molecule has 0 bridgehead atoms. The maximum absolute atomic E-state index is 12.1. The third kappa shape index (κ3) is 3.86. The summed E-state index contributed by atoms with van der Waals surface area (Å²) in [6.07, 6.45) is 0. The van der Waals surface area contributed by atoms with Gasteiger partial charge in [0, 0.05) is 11.4 Å². The molecule has 3 rings (SSSR count). The van der Waals surface area contributed by atoms with Crippen LogP contribution >= 0.6 is 11.3 Å². The van der Waals surface area contributed by atoms with Crippen molar-refractivity contribution in [2.45, 2.75) is 6.92 Å². The minimum absolute atomic E-state index is 0.0365. The minimum atomic E-state index is -0.548. The van der Waals surface area contributed by atoms with E-state index in [0.29, 0.717) is 22.9 Å². The van der Waals surface area contributed by atoms with Crippen LogP contribution in [0, 0.1) is 6.92 Å². The maximum atomic E-state index is 12.1. The lowest BCUT2D eigenvalue weighted by atomic mass is 10.2. The Morgan fingerprint density at radius 1 is 1.20 bits per heavy atom. The van der Waals surface area contributed by atoms with Gasteiger partial charge in [0.15, 0.2) is 0 Å².